The normalized spacial score (nSPS) is 18.9. The number of amides is 2. The molecule has 1 aromatic carbocycles. The number of benzene rings is 1. The standard InChI is InChI=1S/C17H24N2O2/c1-17(2,3)18-16(21)14-11-15(20)19(12-14)10-9-13-7-5-4-6-8-13/h4-8,14H,9-12H2,1-3H3,(H,18,21)/t14-/m1/s1. The zero-order valence-electron chi connectivity index (χ0n) is 13.1. The lowest BCUT2D eigenvalue weighted by molar-refractivity contribution is -0.129. The first-order valence-electron chi connectivity index (χ1n) is 7.49. The van der Waals surface area contributed by atoms with Crippen LogP contribution >= 0.6 is 0 Å². The Bertz CT molecular complexity index is 505. The number of carbonyl (C=O) groups excluding carboxylic acids is 2. The van der Waals surface area contributed by atoms with Crippen molar-refractivity contribution in [2.75, 3.05) is 13.1 Å². The first kappa shape index (κ1) is 15.5. The van der Waals surface area contributed by atoms with Crippen LogP contribution in [0.15, 0.2) is 30.3 Å². The number of likely N-dealkylation sites (tertiary alicyclic amines) is 1. The molecule has 1 atom stereocenters. The van der Waals surface area contributed by atoms with Crippen LogP contribution in [0.2, 0.25) is 0 Å². The van der Waals surface area contributed by atoms with Crippen LogP contribution in [0, 0.1) is 5.92 Å². The van der Waals surface area contributed by atoms with Gasteiger partial charge in [-0.05, 0) is 32.8 Å². The Hall–Kier alpha value is -1.84. The van der Waals surface area contributed by atoms with Crippen molar-refractivity contribution < 1.29 is 9.59 Å². The largest absolute Gasteiger partial charge is 0.351 e. The second-order valence-corrected chi connectivity index (χ2v) is 6.72. The van der Waals surface area contributed by atoms with Crippen molar-refractivity contribution >= 4 is 11.8 Å². The molecule has 4 heteroatoms. The molecule has 1 N–H and O–H groups in total. The minimum absolute atomic E-state index is 0.0157. The van der Waals surface area contributed by atoms with Crippen LogP contribution in [0.4, 0.5) is 0 Å². The minimum atomic E-state index is -0.252. The number of carbonyl (C=O) groups is 2. The van der Waals surface area contributed by atoms with Gasteiger partial charge in [0, 0.05) is 25.0 Å². The van der Waals surface area contributed by atoms with E-state index in [9.17, 15) is 9.59 Å². The SMILES string of the molecule is CC(C)(C)NC(=O)[C@@H]1CC(=O)N(CCc2ccccc2)C1. The Morgan fingerprint density at radius 3 is 2.57 bits per heavy atom. The highest BCUT2D eigenvalue weighted by Gasteiger charge is 2.35. The first-order valence-corrected chi connectivity index (χ1v) is 7.49. The smallest absolute Gasteiger partial charge is 0.225 e. The van der Waals surface area contributed by atoms with Crippen molar-refractivity contribution in [3.63, 3.8) is 0 Å². The van der Waals surface area contributed by atoms with Gasteiger partial charge in [0.1, 0.15) is 0 Å². The van der Waals surface area contributed by atoms with E-state index in [4.69, 9.17) is 0 Å². The molecule has 0 aromatic heterocycles. The van der Waals surface area contributed by atoms with Crippen molar-refractivity contribution in [2.45, 2.75) is 39.2 Å². The molecule has 21 heavy (non-hydrogen) atoms. The van der Waals surface area contributed by atoms with Crippen LogP contribution in [0.3, 0.4) is 0 Å². The summed E-state index contributed by atoms with van der Waals surface area (Å²) in [6.45, 7) is 7.08. The van der Waals surface area contributed by atoms with E-state index in [2.05, 4.69) is 17.4 Å². The highest BCUT2D eigenvalue weighted by Crippen LogP contribution is 2.19. The van der Waals surface area contributed by atoms with Gasteiger partial charge in [0.2, 0.25) is 11.8 Å². The van der Waals surface area contributed by atoms with E-state index in [0.29, 0.717) is 19.5 Å². The average molecular weight is 288 g/mol. The molecule has 0 radical (unpaired) electrons. The van der Waals surface area contributed by atoms with E-state index >= 15 is 0 Å². The summed E-state index contributed by atoms with van der Waals surface area (Å²) < 4.78 is 0. The summed E-state index contributed by atoms with van der Waals surface area (Å²) in [5, 5.41) is 2.96. The van der Waals surface area contributed by atoms with Gasteiger partial charge in [-0.15, -0.1) is 0 Å². The molecule has 2 rings (SSSR count). The Morgan fingerprint density at radius 2 is 1.95 bits per heavy atom. The van der Waals surface area contributed by atoms with Crippen molar-refractivity contribution in [3.8, 4) is 0 Å². The number of hydrogen-bond donors (Lipinski definition) is 1. The van der Waals surface area contributed by atoms with Gasteiger partial charge in [0.15, 0.2) is 0 Å². The average Bonchev–Trinajstić information content (AvgIpc) is 2.77. The molecule has 1 aromatic rings. The zero-order valence-corrected chi connectivity index (χ0v) is 13.1. The molecule has 0 aliphatic carbocycles. The molecule has 4 nitrogen and oxygen atoms in total. The van der Waals surface area contributed by atoms with Gasteiger partial charge in [0.25, 0.3) is 0 Å². The van der Waals surface area contributed by atoms with Gasteiger partial charge < -0.3 is 10.2 Å². The van der Waals surface area contributed by atoms with Gasteiger partial charge in [-0.3, -0.25) is 9.59 Å². The number of hydrogen-bond acceptors (Lipinski definition) is 2. The maximum absolute atomic E-state index is 12.1. The summed E-state index contributed by atoms with van der Waals surface area (Å²) in [5.41, 5.74) is 0.963. The van der Waals surface area contributed by atoms with Gasteiger partial charge in [-0.2, -0.15) is 0 Å². The predicted octanol–water partition coefficient (Wildman–Crippen LogP) is 1.99. The molecule has 1 fully saturated rings. The Balaban J connectivity index is 1.86. The molecule has 1 saturated heterocycles. The molecule has 1 aliphatic rings. The third-order valence-corrected chi connectivity index (χ3v) is 3.60. The monoisotopic (exact) mass is 288 g/mol. The molecular formula is C17H24N2O2. The highest BCUT2D eigenvalue weighted by molar-refractivity contribution is 5.89. The number of nitrogens with zero attached hydrogens (tertiary/aromatic N) is 1. The molecule has 0 bridgehead atoms. The van der Waals surface area contributed by atoms with Gasteiger partial charge in [-0.25, -0.2) is 0 Å². The summed E-state index contributed by atoms with van der Waals surface area (Å²) in [6, 6.07) is 10.1. The van der Waals surface area contributed by atoms with Gasteiger partial charge >= 0.3 is 0 Å². The molecule has 1 heterocycles. The summed E-state index contributed by atoms with van der Waals surface area (Å²) in [6.07, 6.45) is 1.16. The third kappa shape index (κ3) is 4.59. The Labute approximate surface area is 126 Å². The van der Waals surface area contributed by atoms with Crippen molar-refractivity contribution in [2.24, 2.45) is 5.92 Å². The minimum Gasteiger partial charge on any atom is -0.351 e. The summed E-state index contributed by atoms with van der Waals surface area (Å²) in [4.78, 5) is 26.0. The van der Waals surface area contributed by atoms with Crippen molar-refractivity contribution in [1.82, 2.24) is 10.2 Å². The molecule has 0 spiro atoms. The van der Waals surface area contributed by atoms with Crippen LogP contribution in [0.1, 0.15) is 32.8 Å². The second kappa shape index (κ2) is 6.29. The van der Waals surface area contributed by atoms with E-state index in [-0.39, 0.29) is 23.3 Å². The summed E-state index contributed by atoms with van der Waals surface area (Å²) in [7, 11) is 0. The predicted molar refractivity (Wildman–Crippen MR) is 82.7 cm³/mol. The van der Waals surface area contributed by atoms with Crippen LogP contribution in [0.25, 0.3) is 0 Å². The van der Waals surface area contributed by atoms with Crippen molar-refractivity contribution in [3.05, 3.63) is 35.9 Å². The quantitative estimate of drug-likeness (QED) is 0.921. The molecular weight excluding hydrogens is 264 g/mol. The van der Waals surface area contributed by atoms with Crippen LogP contribution in [-0.4, -0.2) is 35.3 Å². The fourth-order valence-electron chi connectivity index (χ4n) is 2.54. The van der Waals surface area contributed by atoms with Gasteiger partial charge in [0.05, 0.1) is 5.92 Å². The molecule has 2 amide bonds. The first-order chi connectivity index (χ1) is 9.85. The lowest BCUT2D eigenvalue weighted by atomic mass is 10.0. The number of rotatable bonds is 4. The van der Waals surface area contributed by atoms with E-state index in [0.717, 1.165) is 6.42 Å². The zero-order chi connectivity index (χ0) is 15.5. The topological polar surface area (TPSA) is 49.4 Å². The molecule has 0 saturated carbocycles. The fourth-order valence-corrected chi connectivity index (χ4v) is 2.54. The lowest BCUT2D eigenvalue weighted by Gasteiger charge is -2.23. The summed E-state index contributed by atoms with van der Waals surface area (Å²) in [5.74, 6) is -0.148. The maximum Gasteiger partial charge on any atom is 0.225 e. The van der Waals surface area contributed by atoms with Crippen LogP contribution in [-0.2, 0) is 16.0 Å². The van der Waals surface area contributed by atoms with E-state index in [1.165, 1.54) is 5.56 Å². The molecule has 1 aliphatic heterocycles. The summed E-state index contributed by atoms with van der Waals surface area (Å²) >= 11 is 0. The van der Waals surface area contributed by atoms with E-state index < -0.39 is 0 Å². The second-order valence-electron chi connectivity index (χ2n) is 6.72. The van der Waals surface area contributed by atoms with Crippen molar-refractivity contribution in [1.29, 1.82) is 0 Å². The Morgan fingerprint density at radius 1 is 1.29 bits per heavy atom. The molecule has 0 unspecified atom stereocenters. The van der Waals surface area contributed by atoms with E-state index in [1.807, 2.05) is 39.0 Å². The third-order valence-electron chi connectivity index (χ3n) is 3.60. The van der Waals surface area contributed by atoms with Crippen LogP contribution in [0.5, 0.6) is 0 Å². The molecule has 114 valence electrons. The maximum atomic E-state index is 12.1. The van der Waals surface area contributed by atoms with Gasteiger partial charge in [-0.1, -0.05) is 30.3 Å². The number of nitrogens with one attached hydrogen (secondary N) is 1. The highest BCUT2D eigenvalue weighted by atomic mass is 16.2. The van der Waals surface area contributed by atoms with Crippen LogP contribution < -0.4 is 5.32 Å². The fraction of sp³-hybridized carbons (Fsp3) is 0.529. The lowest BCUT2D eigenvalue weighted by Crippen LogP contribution is -2.44. The van der Waals surface area contributed by atoms with E-state index in [1.54, 1.807) is 4.90 Å². The Kier molecular flexibility index (Phi) is 4.66.